The molecule has 0 heterocycles. The SMILES string of the molecule is CCCCCC(C)(C)OOOC(=O)OCCCC. The number of carbonyl (C=O) groups is 1. The molecular weight excluding hydrogens is 236 g/mol. The van der Waals surface area contributed by atoms with Crippen molar-refractivity contribution in [1.29, 1.82) is 0 Å². The molecule has 0 fully saturated rings. The Morgan fingerprint density at radius 1 is 1.06 bits per heavy atom. The molecule has 108 valence electrons. The molecule has 0 bridgehead atoms. The molecule has 0 saturated carbocycles. The van der Waals surface area contributed by atoms with Crippen molar-refractivity contribution in [2.75, 3.05) is 6.61 Å². The van der Waals surface area contributed by atoms with Crippen molar-refractivity contribution < 1.29 is 24.3 Å². The highest BCUT2D eigenvalue weighted by atomic mass is 17.5. The summed E-state index contributed by atoms with van der Waals surface area (Å²) in [6.45, 7) is 8.24. The first-order chi connectivity index (χ1) is 8.52. The second-order valence-electron chi connectivity index (χ2n) is 4.90. The van der Waals surface area contributed by atoms with Gasteiger partial charge in [0.15, 0.2) is 0 Å². The van der Waals surface area contributed by atoms with Crippen molar-refractivity contribution in [3.05, 3.63) is 0 Å². The van der Waals surface area contributed by atoms with Crippen LogP contribution in [0.25, 0.3) is 0 Å². The lowest BCUT2D eigenvalue weighted by atomic mass is 10.0. The zero-order valence-corrected chi connectivity index (χ0v) is 12.0. The van der Waals surface area contributed by atoms with E-state index < -0.39 is 11.8 Å². The molecule has 0 aromatic heterocycles. The average Bonchev–Trinajstić information content (AvgIpc) is 2.29. The van der Waals surface area contributed by atoms with Gasteiger partial charge in [-0.1, -0.05) is 39.5 Å². The van der Waals surface area contributed by atoms with E-state index in [0.29, 0.717) is 6.61 Å². The summed E-state index contributed by atoms with van der Waals surface area (Å²) in [6.07, 6.45) is 5.08. The maximum atomic E-state index is 11.0. The first-order valence-corrected chi connectivity index (χ1v) is 6.71. The van der Waals surface area contributed by atoms with Gasteiger partial charge in [0, 0.05) is 0 Å². The van der Waals surface area contributed by atoms with Crippen LogP contribution in [0.4, 0.5) is 4.79 Å². The fraction of sp³-hybridized carbons (Fsp3) is 0.923. The highest BCUT2D eigenvalue weighted by Gasteiger charge is 2.21. The molecule has 5 heteroatoms. The van der Waals surface area contributed by atoms with Crippen LogP contribution in [0.15, 0.2) is 0 Å². The van der Waals surface area contributed by atoms with E-state index in [9.17, 15) is 4.79 Å². The molecule has 0 aromatic carbocycles. The van der Waals surface area contributed by atoms with Crippen LogP contribution in [0.1, 0.15) is 66.2 Å². The molecule has 0 unspecified atom stereocenters. The summed E-state index contributed by atoms with van der Waals surface area (Å²) in [6, 6.07) is 0. The van der Waals surface area contributed by atoms with Crippen molar-refractivity contribution in [1.82, 2.24) is 0 Å². The monoisotopic (exact) mass is 262 g/mol. The van der Waals surface area contributed by atoms with Gasteiger partial charge in [-0.2, -0.15) is 4.89 Å². The Kier molecular flexibility index (Phi) is 9.69. The molecule has 0 amide bonds. The number of hydrogen-bond acceptors (Lipinski definition) is 5. The van der Waals surface area contributed by atoms with Crippen molar-refractivity contribution >= 4 is 6.16 Å². The van der Waals surface area contributed by atoms with E-state index in [2.05, 4.69) is 16.8 Å². The topological polar surface area (TPSA) is 54.0 Å². The Bertz CT molecular complexity index is 215. The van der Waals surface area contributed by atoms with Gasteiger partial charge in [-0.3, -0.25) is 0 Å². The molecular formula is C13H26O5. The van der Waals surface area contributed by atoms with Crippen molar-refractivity contribution in [2.45, 2.75) is 71.8 Å². The summed E-state index contributed by atoms with van der Waals surface area (Å²) in [4.78, 5) is 20.4. The number of rotatable bonds is 10. The van der Waals surface area contributed by atoms with E-state index >= 15 is 0 Å². The molecule has 0 atom stereocenters. The first-order valence-electron chi connectivity index (χ1n) is 6.71. The Balaban J connectivity index is 3.58. The largest absolute Gasteiger partial charge is 0.542 e. The van der Waals surface area contributed by atoms with E-state index in [1.807, 2.05) is 20.8 Å². The van der Waals surface area contributed by atoms with Gasteiger partial charge in [-0.15, -0.1) is 0 Å². The van der Waals surface area contributed by atoms with E-state index in [1.165, 1.54) is 0 Å². The molecule has 0 saturated heterocycles. The molecule has 0 aromatic rings. The van der Waals surface area contributed by atoms with Crippen LogP contribution in [-0.2, 0) is 19.6 Å². The summed E-state index contributed by atoms with van der Waals surface area (Å²) < 4.78 is 4.73. The summed E-state index contributed by atoms with van der Waals surface area (Å²) in [5, 5.41) is 4.45. The van der Waals surface area contributed by atoms with Crippen LogP contribution in [0, 0.1) is 0 Å². The molecule has 18 heavy (non-hydrogen) atoms. The van der Waals surface area contributed by atoms with Gasteiger partial charge in [-0.25, -0.2) is 9.68 Å². The highest BCUT2D eigenvalue weighted by molar-refractivity contribution is 5.58. The van der Waals surface area contributed by atoms with Crippen LogP contribution in [0.2, 0.25) is 0 Å². The second kappa shape index (κ2) is 10.1. The van der Waals surface area contributed by atoms with Gasteiger partial charge in [-0.05, 0) is 31.7 Å². The lowest BCUT2D eigenvalue weighted by Gasteiger charge is -2.21. The quantitative estimate of drug-likeness (QED) is 0.256. The molecule has 0 aliphatic carbocycles. The molecule has 0 spiro atoms. The zero-order valence-electron chi connectivity index (χ0n) is 12.0. The minimum atomic E-state index is -0.868. The van der Waals surface area contributed by atoms with Crippen LogP contribution >= 0.6 is 0 Å². The van der Waals surface area contributed by atoms with Gasteiger partial charge in [0.25, 0.3) is 0 Å². The third-order valence-corrected chi connectivity index (χ3v) is 2.46. The summed E-state index contributed by atoms with van der Waals surface area (Å²) >= 11 is 0. The minimum Gasteiger partial charge on any atom is -0.432 e. The molecule has 0 aliphatic heterocycles. The first kappa shape index (κ1) is 17.2. The number of hydrogen-bond donors (Lipinski definition) is 0. The van der Waals surface area contributed by atoms with Crippen LogP contribution in [0.5, 0.6) is 0 Å². The molecule has 0 radical (unpaired) electrons. The van der Waals surface area contributed by atoms with Gasteiger partial charge in [0.2, 0.25) is 0 Å². The lowest BCUT2D eigenvalue weighted by molar-refractivity contribution is -0.517. The molecule has 5 nitrogen and oxygen atoms in total. The van der Waals surface area contributed by atoms with Gasteiger partial charge in [0.1, 0.15) is 5.60 Å². The molecule has 0 N–H and O–H groups in total. The fourth-order valence-electron chi connectivity index (χ4n) is 1.30. The van der Waals surface area contributed by atoms with Gasteiger partial charge >= 0.3 is 6.16 Å². The summed E-state index contributed by atoms with van der Waals surface area (Å²) in [5.74, 6) is 0. The minimum absolute atomic E-state index is 0.332. The maximum Gasteiger partial charge on any atom is 0.542 e. The summed E-state index contributed by atoms with van der Waals surface area (Å²) in [5.41, 5.74) is -0.473. The number of unbranched alkanes of at least 4 members (excludes halogenated alkanes) is 3. The molecule has 0 rings (SSSR count). The molecule has 0 aliphatic rings. The predicted molar refractivity (Wildman–Crippen MR) is 67.7 cm³/mol. The van der Waals surface area contributed by atoms with Gasteiger partial charge in [0.05, 0.1) is 6.61 Å². The second-order valence-corrected chi connectivity index (χ2v) is 4.90. The van der Waals surface area contributed by atoms with E-state index in [0.717, 1.165) is 38.5 Å². The average molecular weight is 262 g/mol. The van der Waals surface area contributed by atoms with Gasteiger partial charge < -0.3 is 4.74 Å². The highest BCUT2D eigenvalue weighted by Crippen LogP contribution is 2.19. The van der Waals surface area contributed by atoms with Crippen LogP contribution < -0.4 is 0 Å². The Morgan fingerprint density at radius 2 is 1.72 bits per heavy atom. The number of carbonyl (C=O) groups excluding carboxylic acids is 1. The third-order valence-electron chi connectivity index (χ3n) is 2.46. The smallest absolute Gasteiger partial charge is 0.432 e. The normalized spacial score (nSPS) is 11.3. The fourth-order valence-corrected chi connectivity index (χ4v) is 1.30. The Hall–Kier alpha value is -0.810. The van der Waals surface area contributed by atoms with Crippen LogP contribution in [0.3, 0.4) is 0 Å². The lowest BCUT2D eigenvalue weighted by Crippen LogP contribution is -2.25. The van der Waals surface area contributed by atoms with E-state index in [-0.39, 0.29) is 0 Å². The van der Waals surface area contributed by atoms with Crippen LogP contribution in [-0.4, -0.2) is 18.4 Å². The number of ether oxygens (including phenoxy) is 1. The predicted octanol–water partition coefficient (Wildman–Crippen LogP) is 4.16. The standard InChI is InChI=1S/C13H26O5/c1-5-7-9-10-13(3,4)17-18-16-12(14)15-11-8-6-2/h5-11H2,1-4H3. The Morgan fingerprint density at radius 3 is 2.33 bits per heavy atom. The van der Waals surface area contributed by atoms with E-state index in [4.69, 9.17) is 9.62 Å². The zero-order chi connectivity index (χ0) is 13.9. The van der Waals surface area contributed by atoms with Crippen molar-refractivity contribution in [3.63, 3.8) is 0 Å². The van der Waals surface area contributed by atoms with Crippen molar-refractivity contribution in [3.8, 4) is 0 Å². The van der Waals surface area contributed by atoms with Crippen molar-refractivity contribution in [2.24, 2.45) is 0 Å². The summed E-state index contributed by atoms with van der Waals surface area (Å²) in [7, 11) is 0. The Labute approximate surface area is 110 Å². The third kappa shape index (κ3) is 10.4. The maximum absolute atomic E-state index is 11.0. The van der Waals surface area contributed by atoms with E-state index in [1.54, 1.807) is 0 Å².